The van der Waals surface area contributed by atoms with E-state index in [1.807, 2.05) is 0 Å². The van der Waals surface area contributed by atoms with Crippen LogP contribution in [0.2, 0.25) is 0 Å². The van der Waals surface area contributed by atoms with Gasteiger partial charge >= 0.3 is 5.97 Å². The van der Waals surface area contributed by atoms with Crippen LogP contribution in [-0.4, -0.2) is 27.8 Å². The summed E-state index contributed by atoms with van der Waals surface area (Å²) < 4.78 is 0. The first kappa shape index (κ1) is 13.7. The normalized spacial score (nSPS) is 15.3. The van der Waals surface area contributed by atoms with Crippen molar-refractivity contribution in [1.29, 1.82) is 0 Å². The summed E-state index contributed by atoms with van der Waals surface area (Å²) in [5.41, 5.74) is -0.905. The van der Waals surface area contributed by atoms with Gasteiger partial charge in [-0.2, -0.15) is 0 Å². The minimum atomic E-state index is -1.37. The molecule has 104 valence electrons. The molecule has 1 heterocycles. The van der Waals surface area contributed by atoms with Gasteiger partial charge in [-0.15, -0.1) is 0 Å². The molecule has 0 spiro atoms. The Bertz CT molecular complexity index is 576. The number of piperidine rings is 1. The molecule has 2 rings (SSSR count). The number of anilines is 1. The zero-order valence-electron chi connectivity index (χ0n) is 10.2. The van der Waals surface area contributed by atoms with E-state index in [2.05, 4.69) is 0 Å². The standard InChI is InChI=1S/C12H10N2O6/c15-10-2-1-3-11(16)13(10)8-4-7(12(17)18)5-9(6-8)14(19)20/h4-6H,1-3H2,(H,17,18). The molecule has 1 saturated heterocycles. The number of aromatic carboxylic acids is 1. The Morgan fingerprint density at radius 3 is 2.30 bits per heavy atom. The van der Waals surface area contributed by atoms with Crippen LogP contribution in [0.3, 0.4) is 0 Å². The number of amides is 2. The second-order valence-electron chi connectivity index (χ2n) is 4.28. The molecule has 1 aromatic rings. The van der Waals surface area contributed by atoms with Gasteiger partial charge < -0.3 is 5.11 Å². The number of imide groups is 1. The monoisotopic (exact) mass is 278 g/mol. The third kappa shape index (κ3) is 2.48. The number of carbonyl (C=O) groups excluding carboxylic acids is 2. The highest BCUT2D eigenvalue weighted by Crippen LogP contribution is 2.27. The van der Waals surface area contributed by atoms with E-state index in [4.69, 9.17) is 5.11 Å². The van der Waals surface area contributed by atoms with Crippen molar-refractivity contribution in [2.24, 2.45) is 0 Å². The zero-order chi connectivity index (χ0) is 14.9. The van der Waals surface area contributed by atoms with Gasteiger partial charge in [0.05, 0.1) is 16.2 Å². The average Bonchev–Trinajstić information content (AvgIpc) is 2.38. The molecule has 1 aromatic carbocycles. The van der Waals surface area contributed by atoms with Gasteiger partial charge in [-0.25, -0.2) is 4.79 Å². The van der Waals surface area contributed by atoms with Gasteiger partial charge in [-0.3, -0.25) is 24.6 Å². The fourth-order valence-corrected chi connectivity index (χ4v) is 1.99. The molecule has 2 amide bonds. The maximum atomic E-state index is 11.8. The molecule has 0 bridgehead atoms. The van der Waals surface area contributed by atoms with Crippen LogP contribution in [0, 0.1) is 10.1 Å². The molecule has 0 atom stereocenters. The molecule has 20 heavy (non-hydrogen) atoms. The molecule has 1 fully saturated rings. The van der Waals surface area contributed by atoms with Crippen LogP contribution >= 0.6 is 0 Å². The lowest BCUT2D eigenvalue weighted by molar-refractivity contribution is -0.384. The van der Waals surface area contributed by atoms with Gasteiger partial charge in [0, 0.05) is 25.0 Å². The number of carboxylic acids is 1. The van der Waals surface area contributed by atoms with Crippen molar-refractivity contribution in [3.8, 4) is 0 Å². The van der Waals surface area contributed by atoms with Crippen LogP contribution in [-0.2, 0) is 9.59 Å². The molecule has 0 aromatic heterocycles. The third-order valence-corrected chi connectivity index (χ3v) is 2.90. The lowest BCUT2D eigenvalue weighted by Crippen LogP contribution is -2.40. The Balaban J connectivity index is 2.54. The number of nitro benzene ring substituents is 1. The summed E-state index contributed by atoms with van der Waals surface area (Å²) in [6.07, 6.45) is 0.725. The summed E-state index contributed by atoms with van der Waals surface area (Å²) in [4.78, 5) is 45.3. The predicted octanol–water partition coefficient (Wildman–Crippen LogP) is 1.34. The SMILES string of the molecule is O=C(O)c1cc(N2C(=O)CCCC2=O)cc([N+](=O)[O-])c1. The van der Waals surface area contributed by atoms with Crippen LogP contribution in [0.25, 0.3) is 0 Å². The Hall–Kier alpha value is -2.77. The van der Waals surface area contributed by atoms with Crippen molar-refractivity contribution in [2.75, 3.05) is 4.90 Å². The van der Waals surface area contributed by atoms with Crippen molar-refractivity contribution in [3.63, 3.8) is 0 Å². The number of benzene rings is 1. The lowest BCUT2D eigenvalue weighted by atomic mass is 10.1. The molecule has 0 unspecified atom stereocenters. The lowest BCUT2D eigenvalue weighted by Gasteiger charge is -2.24. The van der Waals surface area contributed by atoms with Crippen molar-refractivity contribution in [2.45, 2.75) is 19.3 Å². The largest absolute Gasteiger partial charge is 0.478 e. The highest BCUT2D eigenvalue weighted by Gasteiger charge is 2.29. The van der Waals surface area contributed by atoms with Gasteiger partial charge in [-0.05, 0) is 12.5 Å². The molecular weight excluding hydrogens is 268 g/mol. The number of nitrogens with zero attached hydrogens (tertiary/aromatic N) is 2. The van der Waals surface area contributed by atoms with E-state index in [1.165, 1.54) is 0 Å². The fraction of sp³-hybridized carbons (Fsp3) is 0.250. The van der Waals surface area contributed by atoms with E-state index in [0.717, 1.165) is 23.1 Å². The van der Waals surface area contributed by atoms with Gasteiger partial charge in [0.15, 0.2) is 0 Å². The third-order valence-electron chi connectivity index (χ3n) is 2.90. The Morgan fingerprint density at radius 1 is 1.20 bits per heavy atom. The summed E-state index contributed by atoms with van der Waals surface area (Å²) in [6, 6.07) is 2.98. The van der Waals surface area contributed by atoms with E-state index in [9.17, 15) is 24.5 Å². The number of hydrogen-bond donors (Lipinski definition) is 1. The van der Waals surface area contributed by atoms with Gasteiger partial charge in [0.2, 0.25) is 11.8 Å². The maximum absolute atomic E-state index is 11.8. The van der Waals surface area contributed by atoms with Crippen LogP contribution in [0.15, 0.2) is 18.2 Å². The van der Waals surface area contributed by atoms with E-state index in [1.54, 1.807) is 0 Å². The van der Waals surface area contributed by atoms with Crippen LogP contribution < -0.4 is 4.90 Å². The summed E-state index contributed by atoms with van der Waals surface area (Å²) in [6.45, 7) is 0. The first-order chi connectivity index (χ1) is 9.40. The summed E-state index contributed by atoms with van der Waals surface area (Å²) in [5.74, 6) is -2.34. The second-order valence-corrected chi connectivity index (χ2v) is 4.28. The quantitative estimate of drug-likeness (QED) is 0.506. The van der Waals surface area contributed by atoms with Crippen LogP contribution in [0.5, 0.6) is 0 Å². The average molecular weight is 278 g/mol. The molecule has 0 saturated carbocycles. The zero-order valence-corrected chi connectivity index (χ0v) is 10.2. The van der Waals surface area contributed by atoms with E-state index >= 15 is 0 Å². The number of nitro groups is 1. The van der Waals surface area contributed by atoms with Crippen LogP contribution in [0.4, 0.5) is 11.4 Å². The van der Waals surface area contributed by atoms with Gasteiger partial charge in [0.1, 0.15) is 0 Å². The Kier molecular flexibility index (Phi) is 3.47. The highest BCUT2D eigenvalue weighted by atomic mass is 16.6. The summed E-state index contributed by atoms with van der Waals surface area (Å²) >= 11 is 0. The molecule has 1 aliphatic rings. The molecular formula is C12H10N2O6. The van der Waals surface area contributed by atoms with E-state index < -0.39 is 28.4 Å². The maximum Gasteiger partial charge on any atom is 0.336 e. The molecule has 1 aliphatic heterocycles. The van der Waals surface area contributed by atoms with Crippen molar-refractivity contribution < 1.29 is 24.4 Å². The fourth-order valence-electron chi connectivity index (χ4n) is 1.99. The molecule has 8 heteroatoms. The predicted molar refractivity (Wildman–Crippen MR) is 66.4 cm³/mol. The number of carboxylic acid groups (broad SMARTS) is 1. The second kappa shape index (κ2) is 5.08. The van der Waals surface area contributed by atoms with Gasteiger partial charge in [0.25, 0.3) is 5.69 Å². The molecule has 1 N–H and O–H groups in total. The van der Waals surface area contributed by atoms with Crippen LogP contribution in [0.1, 0.15) is 29.6 Å². The number of carbonyl (C=O) groups is 3. The Labute approximate surface area is 112 Å². The number of hydrogen-bond acceptors (Lipinski definition) is 5. The van der Waals surface area contributed by atoms with Crippen molar-refractivity contribution >= 4 is 29.2 Å². The van der Waals surface area contributed by atoms with Crippen molar-refractivity contribution in [3.05, 3.63) is 33.9 Å². The van der Waals surface area contributed by atoms with E-state index in [0.29, 0.717) is 6.42 Å². The molecule has 8 nitrogen and oxygen atoms in total. The summed E-state index contributed by atoms with van der Waals surface area (Å²) in [5, 5.41) is 19.7. The number of non-ortho nitro benzene ring substituents is 1. The molecule has 0 aliphatic carbocycles. The minimum Gasteiger partial charge on any atom is -0.478 e. The van der Waals surface area contributed by atoms with Crippen molar-refractivity contribution in [1.82, 2.24) is 0 Å². The minimum absolute atomic E-state index is 0.0775. The summed E-state index contributed by atoms with van der Waals surface area (Å²) in [7, 11) is 0. The first-order valence-electron chi connectivity index (χ1n) is 5.78. The van der Waals surface area contributed by atoms with E-state index in [-0.39, 0.29) is 24.1 Å². The van der Waals surface area contributed by atoms with Gasteiger partial charge in [-0.1, -0.05) is 0 Å². The Morgan fingerprint density at radius 2 is 1.80 bits per heavy atom. The number of rotatable bonds is 3. The topological polar surface area (TPSA) is 118 Å². The smallest absolute Gasteiger partial charge is 0.336 e. The highest BCUT2D eigenvalue weighted by molar-refractivity contribution is 6.16. The first-order valence-corrected chi connectivity index (χ1v) is 5.78. The molecule has 0 radical (unpaired) electrons.